The second-order valence-electron chi connectivity index (χ2n) is 7.34. The fraction of sp³-hybridized carbons (Fsp3) is 0.192. The molecule has 0 bridgehead atoms. The van der Waals surface area contributed by atoms with Crippen molar-refractivity contribution in [1.29, 1.82) is 0 Å². The minimum absolute atomic E-state index is 0.116. The summed E-state index contributed by atoms with van der Waals surface area (Å²) < 4.78 is 18.4. The molecule has 1 N–H and O–H groups in total. The van der Waals surface area contributed by atoms with E-state index in [0.29, 0.717) is 29.9 Å². The topological polar surface area (TPSA) is 87.5 Å². The van der Waals surface area contributed by atoms with E-state index in [1.807, 2.05) is 83.4 Å². The van der Waals surface area contributed by atoms with Gasteiger partial charge in [-0.1, -0.05) is 42.1 Å². The van der Waals surface area contributed by atoms with Gasteiger partial charge >= 0.3 is 0 Å². The zero-order valence-corrected chi connectivity index (χ0v) is 20.3. The van der Waals surface area contributed by atoms with Gasteiger partial charge in [0, 0.05) is 0 Å². The maximum absolute atomic E-state index is 12.5. The van der Waals surface area contributed by atoms with Crippen molar-refractivity contribution in [3.63, 3.8) is 0 Å². The smallest absolute Gasteiger partial charge is 0.230 e. The van der Waals surface area contributed by atoms with Gasteiger partial charge in [-0.3, -0.25) is 9.36 Å². The summed E-state index contributed by atoms with van der Waals surface area (Å²) in [6.45, 7) is 0.798. The Balaban J connectivity index is 1.48. The summed E-state index contributed by atoms with van der Waals surface area (Å²) >= 11 is 1.31. The van der Waals surface area contributed by atoms with Gasteiger partial charge in [-0.05, 0) is 48.5 Å². The Bertz CT molecular complexity index is 1250. The van der Waals surface area contributed by atoms with Crippen LogP contribution in [0.1, 0.15) is 0 Å². The second-order valence-corrected chi connectivity index (χ2v) is 8.28. The van der Waals surface area contributed by atoms with Crippen LogP contribution in [0.3, 0.4) is 0 Å². The monoisotopic (exact) mass is 490 g/mol. The molecule has 0 aliphatic carbocycles. The first-order chi connectivity index (χ1) is 17.2. The summed E-state index contributed by atoms with van der Waals surface area (Å²) in [7, 11) is 3.24. The molecule has 4 aromatic rings. The fourth-order valence-corrected chi connectivity index (χ4v) is 4.17. The number of hydrogen-bond acceptors (Lipinski definition) is 7. The molecule has 1 amide bonds. The number of nitrogens with zero attached hydrogens (tertiary/aromatic N) is 3. The molecule has 0 aliphatic heterocycles. The van der Waals surface area contributed by atoms with Crippen LogP contribution in [0, 0.1) is 0 Å². The van der Waals surface area contributed by atoms with Crippen molar-refractivity contribution < 1.29 is 19.0 Å². The van der Waals surface area contributed by atoms with Gasteiger partial charge in [0.25, 0.3) is 0 Å². The number of thioether (sulfide) groups is 1. The Labute approximate surface area is 208 Å². The molecule has 8 nitrogen and oxygen atoms in total. The van der Waals surface area contributed by atoms with Crippen molar-refractivity contribution in [1.82, 2.24) is 20.1 Å². The van der Waals surface area contributed by atoms with Crippen LogP contribution in [0.15, 0.2) is 84.0 Å². The summed E-state index contributed by atoms with van der Waals surface area (Å²) in [6, 6.07) is 24.7. The molecule has 0 unspecified atom stereocenters. The number of amides is 1. The van der Waals surface area contributed by atoms with Crippen LogP contribution in [0.25, 0.3) is 17.1 Å². The highest BCUT2D eigenvalue weighted by atomic mass is 32.2. The van der Waals surface area contributed by atoms with Crippen LogP contribution >= 0.6 is 11.8 Å². The lowest BCUT2D eigenvalue weighted by Crippen LogP contribution is -2.29. The lowest BCUT2D eigenvalue weighted by Gasteiger charge is -2.13. The molecule has 1 heterocycles. The average molecular weight is 491 g/mol. The van der Waals surface area contributed by atoms with E-state index >= 15 is 0 Å². The van der Waals surface area contributed by atoms with Gasteiger partial charge in [0.2, 0.25) is 5.91 Å². The number of carbonyl (C=O) groups excluding carboxylic acids is 1. The molecule has 0 saturated heterocycles. The van der Waals surface area contributed by atoms with Crippen LogP contribution in [-0.4, -0.2) is 53.8 Å². The summed E-state index contributed by atoms with van der Waals surface area (Å²) in [5.74, 6) is 2.88. The number of carbonyl (C=O) groups is 1. The molecule has 3 aromatic carbocycles. The third kappa shape index (κ3) is 6.13. The number of nitrogens with one attached hydrogen (secondary N) is 1. The summed E-state index contributed by atoms with van der Waals surface area (Å²) in [4.78, 5) is 12.5. The molecule has 0 spiro atoms. The second kappa shape index (κ2) is 11.9. The van der Waals surface area contributed by atoms with E-state index in [1.165, 1.54) is 11.8 Å². The predicted octanol–water partition coefficient (Wildman–Crippen LogP) is 4.24. The first-order valence-corrected chi connectivity index (χ1v) is 12.0. The van der Waals surface area contributed by atoms with Gasteiger partial charge in [0.05, 0.1) is 37.8 Å². The Kier molecular flexibility index (Phi) is 8.24. The van der Waals surface area contributed by atoms with Crippen LogP contribution < -0.4 is 19.5 Å². The van der Waals surface area contributed by atoms with Crippen LogP contribution in [0.5, 0.6) is 17.2 Å². The van der Waals surface area contributed by atoms with Gasteiger partial charge in [0.15, 0.2) is 11.0 Å². The standard InChI is InChI=1S/C26H26N4O4S/c1-32-20-14-12-19(13-15-20)30-25(22-10-6-7-11-23(22)33-2)28-29-26(30)35-18-24(31)27-16-17-34-21-8-4-3-5-9-21/h3-15H,16-18H2,1-2H3,(H,27,31). The number of para-hydroxylation sites is 2. The van der Waals surface area contributed by atoms with E-state index in [4.69, 9.17) is 14.2 Å². The van der Waals surface area contributed by atoms with Crippen molar-refractivity contribution in [2.24, 2.45) is 0 Å². The zero-order valence-electron chi connectivity index (χ0n) is 19.5. The molecular weight excluding hydrogens is 464 g/mol. The van der Waals surface area contributed by atoms with Crippen molar-refractivity contribution >= 4 is 17.7 Å². The molecule has 0 atom stereocenters. The van der Waals surface area contributed by atoms with Crippen molar-refractivity contribution in [3.8, 4) is 34.3 Å². The van der Waals surface area contributed by atoms with E-state index in [2.05, 4.69) is 15.5 Å². The highest BCUT2D eigenvalue weighted by molar-refractivity contribution is 7.99. The summed E-state index contributed by atoms with van der Waals surface area (Å²) in [5.41, 5.74) is 1.64. The molecule has 180 valence electrons. The minimum Gasteiger partial charge on any atom is -0.497 e. The van der Waals surface area contributed by atoms with Crippen LogP contribution in [0.4, 0.5) is 0 Å². The normalized spacial score (nSPS) is 10.6. The van der Waals surface area contributed by atoms with Gasteiger partial charge in [0.1, 0.15) is 23.9 Å². The Morgan fingerprint density at radius 1 is 0.886 bits per heavy atom. The molecule has 0 fully saturated rings. The van der Waals surface area contributed by atoms with Crippen molar-refractivity contribution in [3.05, 3.63) is 78.9 Å². The molecular formula is C26H26N4O4S. The highest BCUT2D eigenvalue weighted by Gasteiger charge is 2.19. The molecule has 0 radical (unpaired) electrons. The van der Waals surface area contributed by atoms with Gasteiger partial charge in [-0.15, -0.1) is 10.2 Å². The summed E-state index contributed by atoms with van der Waals surface area (Å²) in [5, 5.41) is 12.3. The molecule has 4 rings (SSSR count). The number of aromatic nitrogens is 3. The SMILES string of the molecule is COc1ccc(-n2c(SCC(=O)NCCOc3ccccc3)nnc2-c2ccccc2OC)cc1. The van der Waals surface area contributed by atoms with E-state index in [1.54, 1.807) is 14.2 Å². The predicted molar refractivity (Wildman–Crippen MR) is 136 cm³/mol. The van der Waals surface area contributed by atoms with E-state index in [0.717, 1.165) is 22.7 Å². The van der Waals surface area contributed by atoms with Crippen molar-refractivity contribution in [2.75, 3.05) is 33.1 Å². The van der Waals surface area contributed by atoms with Crippen molar-refractivity contribution in [2.45, 2.75) is 5.16 Å². The Morgan fingerprint density at radius 3 is 2.37 bits per heavy atom. The quantitative estimate of drug-likeness (QED) is 0.249. The largest absolute Gasteiger partial charge is 0.497 e. The number of hydrogen-bond donors (Lipinski definition) is 1. The number of methoxy groups -OCH3 is 2. The first-order valence-electron chi connectivity index (χ1n) is 11.0. The molecule has 1 aromatic heterocycles. The number of rotatable bonds is 11. The lowest BCUT2D eigenvalue weighted by molar-refractivity contribution is -0.118. The van der Waals surface area contributed by atoms with Gasteiger partial charge in [-0.25, -0.2) is 0 Å². The number of ether oxygens (including phenoxy) is 3. The van der Waals surface area contributed by atoms with Gasteiger partial charge < -0.3 is 19.5 Å². The third-order valence-corrected chi connectivity index (χ3v) is 6.01. The molecule has 0 saturated carbocycles. The number of benzene rings is 3. The molecule has 35 heavy (non-hydrogen) atoms. The minimum atomic E-state index is -0.116. The Morgan fingerprint density at radius 2 is 1.63 bits per heavy atom. The molecule has 9 heteroatoms. The maximum Gasteiger partial charge on any atom is 0.230 e. The molecule has 0 aliphatic rings. The van der Waals surface area contributed by atoms with E-state index < -0.39 is 0 Å². The lowest BCUT2D eigenvalue weighted by atomic mass is 10.2. The van der Waals surface area contributed by atoms with Crippen LogP contribution in [0.2, 0.25) is 0 Å². The maximum atomic E-state index is 12.5. The Hall–Kier alpha value is -3.98. The first kappa shape index (κ1) is 24.2. The average Bonchev–Trinajstić information content (AvgIpc) is 3.34. The summed E-state index contributed by atoms with van der Waals surface area (Å²) in [6.07, 6.45) is 0. The highest BCUT2D eigenvalue weighted by Crippen LogP contribution is 2.33. The zero-order chi connectivity index (χ0) is 24.5. The third-order valence-electron chi connectivity index (χ3n) is 5.08. The van der Waals surface area contributed by atoms with E-state index in [-0.39, 0.29) is 11.7 Å². The van der Waals surface area contributed by atoms with Crippen LogP contribution in [-0.2, 0) is 4.79 Å². The fourth-order valence-electron chi connectivity index (χ4n) is 3.39. The van der Waals surface area contributed by atoms with Gasteiger partial charge in [-0.2, -0.15) is 0 Å². The van der Waals surface area contributed by atoms with E-state index in [9.17, 15) is 4.79 Å².